The lowest BCUT2D eigenvalue weighted by atomic mass is 9.68. The summed E-state index contributed by atoms with van der Waals surface area (Å²) in [5.74, 6) is -66.3. The standard InChI is InChI=1S/C15H8F24O8S2/c16-4(15(38,39)49(45,46)47,5(17,18)6(19,20)10(27,28)13(32,33)34)3(41,1-2-40)12(31,48(42,43)44)9(25,26)7(21,22)8(23,24)11(29,30)14(35,36)37/h40-41H,1-2H2,(H,42,43,44)(H,45,46,47). The highest BCUT2D eigenvalue weighted by Gasteiger charge is 3.02. The minimum atomic E-state index is -9.89. The summed E-state index contributed by atoms with van der Waals surface area (Å²) in [5.41, 5.74) is -18.6. The summed E-state index contributed by atoms with van der Waals surface area (Å²) in [6.45, 7) is -3.63. The van der Waals surface area contributed by atoms with Gasteiger partial charge in [0.1, 0.15) is 0 Å². The first-order valence-electron chi connectivity index (χ1n) is 10.4. The Hall–Kier alpha value is -1.94. The second-order valence-corrected chi connectivity index (χ2v) is 12.0. The summed E-state index contributed by atoms with van der Waals surface area (Å²) in [6, 6.07) is 0. The summed E-state index contributed by atoms with van der Waals surface area (Å²) < 4.78 is 394. The van der Waals surface area contributed by atoms with E-state index in [4.69, 9.17) is 14.2 Å². The van der Waals surface area contributed by atoms with Crippen molar-refractivity contribution in [3.8, 4) is 0 Å². The Morgan fingerprint density at radius 1 is 0.408 bits per heavy atom. The molecule has 0 rings (SSSR count). The molecule has 0 saturated heterocycles. The van der Waals surface area contributed by atoms with E-state index in [0.29, 0.717) is 0 Å². The van der Waals surface area contributed by atoms with Crippen molar-refractivity contribution in [2.45, 2.75) is 81.8 Å². The fraction of sp³-hybridized carbons (Fsp3) is 1.00. The van der Waals surface area contributed by atoms with E-state index in [1.807, 2.05) is 0 Å². The molecule has 0 fully saturated rings. The van der Waals surface area contributed by atoms with Gasteiger partial charge in [0.15, 0.2) is 5.60 Å². The Balaban J connectivity index is 9.34. The molecule has 8 nitrogen and oxygen atoms in total. The maximum absolute atomic E-state index is 15.9. The number of hydrogen-bond acceptors (Lipinski definition) is 6. The van der Waals surface area contributed by atoms with Crippen LogP contribution in [-0.4, -0.2) is 118 Å². The monoisotopic (exact) mass is 836 g/mol. The molecule has 0 aliphatic rings. The van der Waals surface area contributed by atoms with Gasteiger partial charge in [-0.2, -0.15) is 113 Å². The quantitative estimate of drug-likeness (QED) is 0.134. The van der Waals surface area contributed by atoms with Gasteiger partial charge in [-0.05, 0) is 0 Å². The fourth-order valence-corrected chi connectivity index (χ4v) is 5.35. The molecule has 0 saturated carbocycles. The molecular weight excluding hydrogens is 828 g/mol. The molecule has 0 spiro atoms. The number of aliphatic hydroxyl groups excluding tert-OH is 1. The minimum Gasteiger partial charge on any atom is -0.396 e. The Morgan fingerprint density at radius 2 is 0.673 bits per heavy atom. The molecule has 3 atom stereocenters. The topological polar surface area (TPSA) is 149 Å². The normalized spacial score (nSPS) is 20.0. The maximum atomic E-state index is 15.9. The second-order valence-electron chi connectivity index (χ2n) is 9.07. The van der Waals surface area contributed by atoms with Crippen molar-refractivity contribution in [3.05, 3.63) is 0 Å². The van der Waals surface area contributed by atoms with E-state index in [-0.39, 0.29) is 0 Å². The van der Waals surface area contributed by atoms with Crippen LogP contribution in [0.25, 0.3) is 0 Å². The molecule has 0 aliphatic carbocycles. The van der Waals surface area contributed by atoms with Crippen molar-refractivity contribution < 1.29 is 142 Å². The number of rotatable bonds is 14. The summed E-state index contributed by atoms with van der Waals surface area (Å²) >= 11 is 0. The van der Waals surface area contributed by atoms with Gasteiger partial charge in [-0.15, -0.1) is 0 Å². The van der Waals surface area contributed by atoms with Gasteiger partial charge in [-0.25, -0.2) is 8.78 Å². The van der Waals surface area contributed by atoms with Crippen molar-refractivity contribution in [2.75, 3.05) is 6.61 Å². The first-order chi connectivity index (χ1) is 20.6. The van der Waals surface area contributed by atoms with Crippen LogP contribution in [-0.2, 0) is 20.2 Å². The van der Waals surface area contributed by atoms with Crippen LogP contribution in [0.1, 0.15) is 6.42 Å². The molecular formula is C15H8F24O8S2. The van der Waals surface area contributed by atoms with Gasteiger partial charge in [0.05, 0.1) is 0 Å². The molecule has 0 radical (unpaired) electrons. The molecule has 0 amide bonds. The van der Waals surface area contributed by atoms with Crippen LogP contribution in [0.15, 0.2) is 0 Å². The van der Waals surface area contributed by atoms with Crippen molar-refractivity contribution in [3.63, 3.8) is 0 Å². The largest absolute Gasteiger partial charge is 0.460 e. The van der Waals surface area contributed by atoms with E-state index < -0.39 is 109 Å². The average Bonchev–Trinajstić information content (AvgIpc) is 2.83. The van der Waals surface area contributed by atoms with Gasteiger partial charge in [-0.1, -0.05) is 0 Å². The molecule has 296 valence electrons. The van der Waals surface area contributed by atoms with Gasteiger partial charge in [-0.3, -0.25) is 9.11 Å². The van der Waals surface area contributed by atoms with Crippen molar-refractivity contribution in [1.82, 2.24) is 0 Å². The van der Waals surface area contributed by atoms with Crippen molar-refractivity contribution in [1.29, 1.82) is 0 Å². The summed E-state index contributed by atoms with van der Waals surface area (Å²) in [4.78, 5) is 0. The molecule has 3 unspecified atom stereocenters. The van der Waals surface area contributed by atoms with Crippen LogP contribution < -0.4 is 0 Å². The molecule has 0 heterocycles. The summed E-state index contributed by atoms with van der Waals surface area (Å²) in [7, 11) is -18.8. The predicted molar refractivity (Wildman–Crippen MR) is 99.1 cm³/mol. The van der Waals surface area contributed by atoms with E-state index in [9.17, 15) is 119 Å². The molecule has 49 heavy (non-hydrogen) atoms. The minimum absolute atomic E-state index is 3.63. The zero-order valence-electron chi connectivity index (χ0n) is 21.2. The zero-order chi connectivity index (χ0) is 40.9. The maximum Gasteiger partial charge on any atom is 0.460 e. The molecule has 0 bridgehead atoms. The first-order valence-corrected chi connectivity index (χ1v) is 13.2. The van der Waals surface area contributed by atoms with E-state index in [1.54, 1.807) is 0 Å². The van der Waals surface area contributed by atoms with Crippen molar-refractivity contribution >= 4 is 20.2 Å². The molecule has 0 aromatic rings. The smallest absolute Gasteiger partial charge is 0.396 e. The van der Waals surface area contributed by atoms with Crippen LogP contribution in [0.5, 0.6) is 0 Å². The van der Waals surface area contributed by atoms with Gasteiger partial charge in [0.25, 0.3) is 5.67 Å². The third-order valence-electron chi connectivity index (χ3n) is 6.18. The van der Waals surface area contributed by atoms with Crippen LogP contribution in [0.3, 0.4) is 0 Å². The highest BCUT2D eigenvalue weighted by Crippen LogP contribution is 2.70. The zero-order valence-corrected chi connectivity index (χ0v) is 22.9. The number of halogens is 24. The summed E-state index contributed by atoms with van der Waals surface area (Å²) in [6.07, 6.45) is -21.5. The fourth-order valence-electron chi connectivity index (χ4n) is 3.58. The Morgan fingerprint density at radius 3 is 0.898 bits per heavy atom. The van der Waals surface area contributed by atoms with E-state index in [0.717, 1.165) is 0 Å². The molecule has 34 heteroatoms. The van der Waals surface area contributed by atoms with Crippen LogP contribution in [0, 0.1) is 0 Å². The van der Waals surface area contributed by atoms with Crippen LogP contribution in [0.4, 0.5) is 105 Å². The first kappa shape index (κ1) is 47.1. The average molecular weight is 836 g/mol. The molecule has 0 aromatic carbocycles. The predicted octanol–water partition coefficient (Wildman–Crippen LogP) is 5.41. The van der Waals surface area contributed by atoms with Gasteiger partial charge < -0.3 is 10.2 Å². The number of aliphatic hydroxyl groups is 2. The number of alkyl halides is 24. The van der Waals surface area contributed by atoms with E-state index in [1.165, 1.54) is 0 Å². The lowest BCUT2D eigenvalue weighted by molar-refractivity contribution is -0.453. The Bertz CT molecular complexity index is 1470. The Labute approximate surface area is 251 Å². The highest BCUT2D eigenvalue weighted by atomic mass is 32.2. The van der Waals surface area contributed by atoms with E-state index >= 15 is 8.78 Å². The Kier molecular flexibility index (Phi) is 11.1. The summed E-state index contributed by atoms with van der Waals surface area (Å²) in [5, 5.41) is -0.147. The SMILES string of the molecule is O=S(=O)(O)C(F)(F)C(F)(C(F)(F)C(F)(F)C(F)(F)C(F)(F)F)C(O)(CCO)C(F)(C(F)(F)C(F)(F)C(F)(F)C(F)(F)C(F)(F)F)S(=O)(=O)O. The highest BCUT2D eigenvalue weighted by molar-refractivity contribution is 7.87. The third-order valence-corrected chi connectivity index (χ3v) is 8.41. The molecule has 0 aromatic heterocycles. The van der Waals surface area contributed by atoms with Crippen LogP contribution in [0.2, 0.25) is 0 Å². The lowest BCUT2D eigenvalue weighted by Crippen LogP contribution is -2.87. The third kappa shape index (κ3) is 5.45. The van der Waals surface area contributed by atoms with E-state index in [2.05, 4.69) is 0 Å². The van der Waals surface area contributed by atoms with Gasteiger partial charge in [0.2, 0.25) is 0 Å². The van der Waals surface area contributed by atoms with Crippen molar-refractivity contribution in [2.24, 2.45) is 0 Å². The van der Waals surface area contributed by atoms with Crippen LogP contribution >= 0.6 is 0 Å². The molecule has 4 N–H and O–H groups in total. The molecule has 0 aliphatic heterocycles. The van der Waals surface area contributed by atoms with Gasteiger partial charge in [0, 0.05) is 13.0 Å². The second kappa shape index (κ2) is 11.5. The lowest BCUT2D eigenvalue weighted by Gasteiger charge is -2.55. The number of hydrogen-bond donors (Lipinski definition) is 4. The van der Waals surface area contributed by atoms with Gasteiger partial charge >= 0.3 is 84.3 Å².